The molecular formula is C26H35N7O2. The Hall–Kier alpha value is -3.07. The van der Waals surface area contributed by atoms with Gasteiger partial charge < -0.3 is 25.8 Å². The number of anilines is 2. The first-order chi connectivity index (χ1) is 17.1. The summed E-state index contributed by atoms with van der Waals surface area (Å²) in [5.41, 5.74) is 2.23. The molecule has 186 valence electrons. The lowest BCUT2D eigenvalue weighted by atomic mass is 9.75. The largest absolute Gasteiger partial charge is 0.369 e. The second kappa shape index (κ2) is 8.86. The Morgan fingerprint density at radius 1 is 1.06 bits per heavy atom. The number of nitrogens with one attached hydrogen (secondary N) is 3. The number of rotatable bonds is 4. The quantitative estimate of drug-likeness (QED) is 0.572. The summed E-state index contributed by atoms with van der Waals surface area (Å²) in [6.07, 6.45) is 6.77. The zero-order valence-electron chi connectivity index (χ0n) is 20.4. The second-order valence-electron chi connectivity index (χ2n) is 10.4. The highest BCUT2D eigenvalue weighted by atomic mass is 16.2. The number of allylic oxidation sites excluding steroid dienone is 1. The SMILES string of the molecule is CN1C2=C(C=NC1Nc1ccc(N3CCNCC3)cc1)CC1(CCNC1=O)C(=O)N2C1CCCC1. The maximum atomic E-state index is 13.9. The smallest absolute Gasteiger partial charge is 0.244 e. The fourth-order valence-corrected chi connectivity index (χ4v) is 6.36. The highest BCUT2D eigenvalue weighted by Crippen LogP contribution is 2.46. The lowest BCUT2D eigenvalue weighted by Crippen LogP contribution is -2.59. The van der Waals surface area contributed by atoms with E-state index >= 15 is 0 Å². The van der Waals surface area contributed by atoms with Crippen molar-refractivity contribution >= 4 is 29.4 Å². The normalized spacial score (nSPS) is 29.3. The molecule has 5 aliphatic rings. The molecule has 4 aliphatic heterocycles. The zero-order chi connectivity index (χ0) is 24.0. The number of hydrogen-bond donors (Lipinski definition) is 3. The minimum atomic E-state index is -0.978. The first kappa shape index (κ1) is 22.4. The van der Waals surface area contributed by atoms with Gasteiger partial charge in [0.25, 0.3) is 0 Å². The van der Waals surface area contributed by atoms with Crippen LogP contribution in [0.3, 0.4) is 0 Å². The highest BCUT2D eigenvalue weighted by Gasteiger charge is 2.57. The first-order valence-electron chi connectivity index (χ1n) is 13.0. The molecule has 9 heteroatoms. The predicted molar refractivity (Wildman–Crippen MR) is 136 cm³/mol. The number of carbonyl (C=O) groups is 2. The van der Waals surface area contributed by atoms with Crippen molar-refractivity contribution in [2.75, 3.05) is 50.0 Å². The Balaban J connectivity index is 1.25. The van der Waals surface area contributed by atoms with Crippen LogP contribution in [0.5, 0.6) is 0 Å². The summed E-state index contributed by atoms with van der Waals surface area (Å²) in [5, 5.41) is 9.84. The number of nitrogens with zero attached hydrogens (tertiary/aromatic N) is 4. The van der Waals surface area contributed by atoms with E-state index in [0.717, 1.165) is 68.9 Å². The molecule has 1 saturated carbocycles. The molecule has 0 bridgehead atoms. The molecule has 1 spiro atoms. The van der Waals surface area contributed by atoms with Crippen molar-refractivity contribution in [3.8, 4) is 0 Å². The molecule has 2 atom stereocenters. The number of piperazine rings is 1. The molecule has 35 heavy (non-hydrogen) atoms. The van der Waals surface area contributed by atoms with Crippen LogP contribution in [0.25, 0.3) is 0 Å². The standard InChI is InChI=1S/C26H35N7O2/c1-31-22-18(16-26(10-11-28-23(26)34)24(35)33(22)21-4-2-3-5-21)17-29-25(31)30-19-6-8-20(9-7-19)32-14-12-27-13-15-32/h6-9,17,21,25,27,30H,2-5,10-16H2,1H3,(H,28,34). The fraction of sp³-hybridized carbons (Fsp3) is 0.577. The first-order valence-corrected chi connectivity index (χ1v) is 13.0. The molecule has 1 aliphatic carbocycles. The minimum absolute atomic E-state index is 0.0283. The van der Waals surface area contributed by atoms with Crippen molar-refractivity contribution in [3.05, 3.63) is 35.7 Å². The Kier molecular flexibility index (Phi) is 5.67. The molecule has 0 aromatic heterocycles. The van der Waals surface area contributed by atoms with Crippen molar-refractivity contribution in [3.63, 3.8) is 0 Å². The monoisotopic (exact) mass is 477 g/mol. The summed E-state index contributed by atoms with van der Waals surface area (Å²) in [6.45, 7) is 4.62. The third-order valence-corrected chi connectivity index (χ3v) is 8.32. The predicted octanol–water partition coefficient (Wildman–Crippen LogP) is 1.70. The van der Waals surface area contributed by atoms with Gasteiger partial charge in [-0.2, -0.15) is 0 Å². The van der Waals surface area contributed by atoms with Crippen LogP contribution in [-0.4, -0.2) is 79.9 Å². The van der Waals surface area contributed by atoms with Crippen molar-refractivity contribution in [2.45, 2.75) is 50.9 Å². The van der Waals surface area contributed by atoms with E-state index in [1.807, 2.05) is 18.2 Å². The molecule has 2 unspecified atom stereocenters. The van der Waals surface area contributed by atoms with E-state index in [-0.39, 0.29) is 24.1 Å². The Labute approximate surface area is 206 Å². The van der Waals surface area contributed by atoms with Gasteiger partial charge in [0.1, 0.15) is 11.2 Å². The molecule has 1 aromatic rings. The van der Waals surface area contributed by atoms with Crippen LogP contribution in [0.4, 0.5) is 11.4 Å². The van der Waals surface area contributed by atoms with Gasteiger partial charge in [-0.25, -0.2) is 4.99 Å². The van der Waals surface area contributed by atoms with E-state index in [0.29, 0.717) is 19.4 Å². The zero-order valence-corrected chi connectivity index (χ0v) is 20.4. The van der Waals surface area contributed by atoms with Crippen molar-refractivity contribution in [2.24, 2.45) is 10.4 Å². The Bertz CT molecular complexity index is 1060. The fourth-order valence-electron chi connectivity index (χ4n) is 6.36. The summed E-state index contributed by atoms with van der Waals surface area (Å²) in [4.78, 5) is 38.0. The van der Waals surface area contributed by atoms with Crippen LogP contribution in [0.1, 0.15) is 38.5 Å². The molecule has 4 heterocycles. The topological polar surface area (TPSA) is 92.3 Å². The molecule has 2 amide bonds. The van der Waals surface area contributed by atoms with Crippen LogP contribution >= 0.6 is 0 Å². The summed E-state index contributed by atoms with van der Waals surface area (Å²) in [6, 6.07) is 8.66. The van der Waals surface area contributed by atoms with Gasteiger partial charge in [-0.15, -0.1) is 0 Å². The number of carbonyl (C=O) groups excluding carboxylic acids is 2. The summed E-state index contributed by atoms with van der Waals surface area (Å²) >= 11 is 0. The molecular weight excluding hydrogens is 442 g/mol. The van der Waals surface area contributed by atoms with Crippen LogP contribution in [0.15, 0.2) is 40.7 Å². The maximum Gasteiger partial charge on any atom is 0.244 e. The molecule has 0 radical (unpaired) electrons. The molecule has 9 nitrogen and oxygen atoms in total. The van der Waals surface area contributed by atoms with Crippen molar-refractivity contribution in [1.82, 2.24) is 20.4 Å². The summed E-state index contributed by atoms with van der Waals surface area (Å²) in [7, 11) is 2.00. The molecule has 3 fully saturated rings. The number of aliphatic imine (C=N–C) groups is 1. The Morgan fingerprint density at radius 3 is 2.49 bits per heavy atom. The molecule has 3 N–H and O–H groups in total. The van der Waals surface area contributed by atoms with E-state index in [4.69, 9.17) is 4.99 Å². The summed E-state index contributed by atoms with van der Waals surface area (Å²) in [5.74, 6) is 0.759. The molecule has 2 saturated heterocycles. The molecule has 6 rings (SSSR count). The third kappa shape index (κ3) is 3.76. The van der Waals surface area contributed by atoms with Crippen LogP contribution < -0.4 is 20.9 Å². The van der Waals surface area contributed by atoms with Gasteiger partial charge in [0.05, 0.1) is 0 Å². The van der Waals surface area contributed by atoms with Crippen LogP contribution in [-0.2, 0) is 9.59 Å². The van der Waals surface area contributed by atoms with Crippen molar-refractivity contribution < 1.29 is 9.59 Å². The van der Waals surface area contributed by atoms with Gasteiger partial charge in [-0.05, 0) is 43.5 Å². The van der Waals surface area contributed by atoms with Gasteiger partial charge in [0.15, 0.2) is 6.29 Å². The van der Waals surface area contributed by atoms with Gasteiger partial charge in [-0.3, -0.25) is 14.5 Å². The molecule has 1 aromatic carbocycles. The van der Waals surface area contributed by atoms with Crippen LogP contribution in [0.2, 0.25) is 0 Å². The maximum absolute atomic E-state index is 13.9. The van der Waals surface area contributed by atoms with Gasteiger partial charge in [0.2, 0.25) is 11.8 Å². The third-order valence-electron chi connectivity index (χ3n) is 8.32. The van der Waals surface area contributed by atoms with E-state index in [1.165, 1.54) is 5.69 Å². The highest BCUT2D eigenvalue weighted by molar-refractivity contribution is 6.09. The number of hydrogen-bond acceptors (Lipinski definition) is 7. The average Bonchev–Trinajstić information content (AvgIpc) is 3.54. The lowest BCUT2D eigenvalue weighted by molar-refractivity contribution is -0.151. The summed E-state index contributed by atoms with van der Waals surface area (Å²) < 4.78 is 0. The lowest BCUT2D eigenvalue weighted by Gasteiger charge is -2.48. The van der Waals surface area contributed by atoms with Gasteiger partial charge >= 0.3 is 0 Å². The average molecular weight is 478 g/mol. The van der Waals surface area contributed by atoms with E-state index in [9.17, 15) is 9.59 Å². The van der Waals surface area contributed by atoms with E-state index < -0.39 is 5.41 Å². The Morgan fingerprint density at radius 2 is 1.80 bits per heavy atom. The van der Waals surface area contributed by atoms with Gasteiger partial charge in [-0.1, -0.05) is 12.8 Å². The number of amides is 2. The van der Waals surface area contributed by atoms with Crippen molar-refractivity contribution in [1.29, 1.82) is 0 Å². The second-order valence-corrected chi connectivity index (χ2v) is 10.4. The van der Waals surface area contributed by atoms with E-state index in [2.05, 4.69) is 50.0 Å². The number of benzene rings is 1. The van der Waals surface area contributed by atoms with Crippen LogP contribution in [0, 0.1) is 5.41 Å². The van der Waals surface area contributed by atoms with E-state index in [1.54, 1.807) is 0 Å². The minimum Gasteiger partial charge on any atom is -0.369 e. The van der Waals surface area contributed by atoms with Gasteiger partial charge in [0, 0.05) is 75.4 Å².